The minimum absolute atomic E-state index is 0.211. The summed E-state index contributed by atoms with van der Waals surface area (Å²) in [6, 6.07) is 7.95. The molecule has 0 atom stereocenters. The first-order chi connectivity index (χ1) is 8.81. The Labute approximate surface area is 110 Å². The highest BCUT2D eigenvalue weighted by Gasteiger charge is 2.00. The number of ether oxygens (including phenoxy) is 1. The Morgan fingerprint density at radius 2 is 2.06 bits per heavy atom. The number of para-hydroxylation sites is 1. The van der Waals surface area contributed by atoms with Crippen molar-refractivity contribution in [2.45, 2.75) is 13.3 Å². The van der Waals surface area contributed by atoms with Crippen LogP contribution in [-0.4, -0.2) is 43.4 Å². The van der Waals surface area contributed by atoms with Crippen molar-refractivity contribution in [3.63, 3.8) is 0 Å². The van der Waals surface area contributed by atoms with E-state index in [0.29, 0.717) is 0 Å². The fourth-order valence-electron chi connectivity index (χ4n) is 1.88. The van der Waals surface area contributed by atoms with Crippen molar-refractivity contribution in [3.05, 3.63) is 35.9 Å². The quantitative estimate of drug-likeness (QED) is 0.768. The molecule has 1 N–H and O–H groups in total. The van der Waals surface area contributed by atoms with Gasteiger partial charge in [-0.2, -0.15) is 0 Å². The van der Waals surface area contributed by atoms with Gasteiger partial charge >= 0.3 is 0 Å². The summed E-state index contributed by atoms with van der Waals surface area (Å²) in [6.45, 7) is 4.95. The van der Waals surface area contributed by atoms with Crippen molar-refractivity contribution in [2.24, 2.45) is 0 Å². The van der Waals surface area contributed by atoms with E-state index in [2.05, 4.69) is 24.0 Å². The van der Waals surface area contributed by atoms with Crippen LogP contribution in [0.2, 0.25) is 0 Å². The zero-order valence-corrected chi connectivity index (χ0v) is 11.3. The molecule has 0 bridgehead atoms. The molecular weight excluding hydrogens is 226 g/mol. The fourth-order valence-corrected chi connectivity index (χ4v) is 1.88. The monoisotopic (exact) mass is 249 g/mol. The Balaban J connectivity index is 2.57. The van der Waals surface area contributed by atoms with Gasteiger partial charge in [0.05, 0.1) is 13.7 Å². The van der Waals surface area contributed by atoms with Crippen molar-refractivity contribution in [3.8, 4) is 5.75 Å². The minimum Gasteiger partial charge on any atom is -0.496 e. The van der Waals surface area contributed by atoms with E-state index in [1.807, 2.05) is 24.3 Å². The topological polar surface area (TPSA) is 32.7 Å². The molecule has 0 saturated carbocycles. The molecular formula is C15H23NO2. The van der Waals surface area contributed by atoms with Crippen LogP contribution in [0, 0.1) is 0 Å². The van der Waals surface area contributed by atoms with Gasteiger partial charge in [-0.1, -0.05) is 37.3 Å². The first kappa shape index (κ1) is 14.7. The van der Waals surface area contributed by atoms with Gasteiger partial charge in [-0.3, -0.25) is 4.90 Å². The SMILES string of the molecule is CCCN(C/C=C/c1ccccc1OC)CCO. The van der Waals surface area contributed by atoms with Crippen LogP contribution in [0.25, 0.3) is 6.08 Å². The molecule has 100 valence electrons. The maximum absolute atomic E-state index is 8.98. The number of aliphatic hydroxyl groups is 1. The van der Waals surface area contributed by atoms with E-state index in [1.54, 1.807) is 7.11 Å². The lowest BCUT2D eigenvalue weighted by Crippen LogP contribution is -2.27. The normalized spacial score (nSPS) is 11.3. The van der Waals surface area contributed by atoms with Crippen LogP contribution in [-0.2, 0) is 0 Å². The molecule has 0 aromatic heterocycles. The number of rotatable bonds is 8. The average molecular weight is 249 g/mol. The summed E-state index contributed by atoms with van der Waals surface area (Å²) in [5.41, 5.74) is 1.08. The molecule has 0 radical (unpaired) electrons. The second-order valence-electron chi connectivity index (χ2n) is 4.17. The van der Waals surface area contributed by atoms with Gasteiger partial charge in [0.25, 0.3) is 0 Å². The molecule has 0 fully saturated rings. The lowest BCUT2D eigenvalue weighted by molar-refractivity contribution is 0.209. The van der Waals surface area contributed by atoms with Gasteiger partial charge in [-0.25, -0.2) is 0 Å². The van der Waals surface area contributed by atoms with Crippen LogP contribution < -0.4 is 4.74 Å². The Morgan fingerprint density at radius 1 is 1.28 bits per heavy atom. The van der Waals surface area contributed by atoms with Gasteiger partial charge < -0.3 is 9.84 Å². The Kier molecular flexibility index (Phi) is 7.14. The summed E-state index contributed by atoms with van der Waals surface area (Å²) >= 11 is 0. The molecule has 0 saturated heterocycles. The molecule has 0 heterocycles. The Hall–Kier alpha value is -1.32. The lowest BCUT2D eigenvalue weighted by atomic mass is 10.2. The summed E-state index contributed by atoms with van der Waals surface area (Å²) in [6.07, 6.45) is 5.28. The second kappa shape index (κ2) is 8.72. The zero-order chi connectivity index (χ0) is 13.2. The van der Waals surface area contributed by atoms with E-state index < -0.39 is 0 Å². The van der Waals surface area contributed by atoms with Crippen molar-refractivity contribution in [2.75, 3.05) is 33.4 Å². The lowest BCUT2D eigenvalue weighted by Gasteiger charge is -2.18. The predicted molar refractivity (Wildman–Crippen MR) is 75.8 cm³/mol. The molecule has 0 aliphatic heterocycles. The smallest absolute Gasteiger partial charge is 0.126 e. The van der Waals surface area contributed by atoms with E-state index in [0.717, 1.165) is 37.4 Å². The highest BCUT2D eigenvalue weighted by Crippen LogP contribution is 2.18. The second-order valence-corrected chi connectivity index (χ2v) is 4.17. The van der Waals surface area contributed by atoms with Crippen molar-refractivity contribution in [1.82, 2.24) is 4.90 Å². The maximum atomic E-state index is 8.98. The predicted octanol–water partition coefficient (Wildman–Crippen LogP) is 2.41. The summed E-state index contributed by atoms with van der Waals surface area (Å²) in [7, 11) is 1.68. The molecule has 0 unspecified atom stereocenters. The molecule has 3 nitrogen and oxygen atoms in total. The van der Waals surface area contributed by atoms with Crippen LogP contribution >= 0.6 is 0 Å². The van der Waals surface area contributed by atoms with E-state index in [9.17, 15) is 0 Å². The molecule has 0 aliphatic carbocycles. The van der Waals surface area contributed by atoms with Gasteiger partial charge in [0.1, 0.15) is 5.75 Å². The Bertz CT molecular complexity index is 357. The summed E-state index contributed by atoms with van der Waals surface area (Å²) in [5.74, 6) is 0.887. The van der Waals surface area contributed by atoms with E-state index >= 15 is 0 Å². The minimum atomic E-state index is 0.211. The first-order valence-corrected chi connectivity index (χ1v) is 6.44. The standard InChI is InChI=1S/C15H23NO2/c1-3-10-16(12-13-17)11-6-8-14-7-4-5-9-15(14)18-2/h4-9,17H,3,10-13H2,1-2H3/b8-6+. The van der Waals surface area contributed by atoms with Gasteiger partial charge in [-0.05, 0) is 19.0 Å². The molecule has 18 heavy (non-hydrogen) atoms. The van der Waals surface area contributed by atoms with Crippen LogP contribution in [0.4, 0.5) is 0 Å². The maximum Gasteiger partial charge on any atom is 0.126 e. The molecule has 3 heteroatoms. The first-order valence-electron chi connectivity index (χ1n) is 6.44. The van der Waals surface area contributed by atoms with E-state index in [4.69, 9.17) is 9.84 Å². The van der Waals surface area contributed by atoms with Gasteiger partial charge in [0.15, 0.2) is 0 Å². The molecule has 0 aliphatic rings. The van der Waals surface area contributed by atoms with Crippen LogP contribution in [0.5, 0.6) is 5.75 Å². The van der Waals surface area contributed by atoms with Gasteiger partial charge in [0, 0.05) is 18.7 Å². The average Bonchev–Trinajstić information content (AvgIpc) is 2.40. The number of methoxy groups -OCH3 is 1. The summed E-state index contributed by atoms with van der Waals surface area (Å²) in [4.78, 5) is 2.23. The van der Waals surface area contributed by atoms with Crippen LogP contribution in [0.1, 0.15) is 18.9 Å². The third-order valence-corrected chi connectivity index (χ3v) is 2.76. The fraction of sp³-hybridized carbons (Fsp3) is 0.467. The summed E-state index contributed by atoms with van der Waals surface area (Å²) < 4.78 is 5.29. The third-order valence-electron chi connectivity index (χ3n) is 2.76. The molecule has 0 spiro atoms. The number of nitrogens with zero attached hydrogens (tertiary/aromatic N) is 1. The van der Waals surface area contributed by atoms with Crippen molar-refractivity contribution >= 4 is 6.08 Å². The van der Waals surface area contributed by atoms with Crippen LogP contribution in [0.15, 0.2) is 30.3 Å². The number of hydrogen-bond donors (Lipinski definition) is 1. The molecule has 0 amide bonds. The van der Waals surface area contributed by atoms with E-state index in [1.165, 1.54) is 0 Å². The van der Waals surface area contributed by atoms with Crippen LogP contribution in [0.3, 0.4) is 0 Å². The largest absolute Gasteiger partial charge is 0.496 e. The van der Waals surface area contributed by atoms with Crippen molar-refractivity contribution in [1.29, 1.82) is 0 Å². The highest BCUT2D eigenvalue weighted by atomic mass is 16.5. The number of hydrogen-bond acceptors (Lipinski definition) is 3. The van der Waals surface area contributed by atoms with Gasteiger partial charge in [0.2, 0.25) is 0 Å². The highest BCUT2D eigenvalue weighted by molar-refractivity contribution is 5.57. The molecule has 1 aromatic carbocycles. The van der Waals surface area contributed by atoms with Crippen molar-refractivity contribution < 1.29 is 9.84 Å². The third kappa shape index (κ3) is 4.90. The Morgan fingerprint density at radius 3 is 2.72 bits per heavy atom. The zero-order valence-electron chi connectivity index (χ0n) is 11.3. The molecule has 1 aromatic rings. The number of benzene rings is 1. The molecule has 1 rings (SSSR count). The summed E-state index contributed by atoms with van der Waals surface area (Å²) in [5, 5.41) is 8.98. The van der Waals surface area contributed by atoms with E-state index in [-0.39, 0.29) is 6.61 Å². The van der Waals surface area contributed by atoms with Gasteiger partial charge in [-0.15, -0.1) is 0 Å². The number of aliphatic hydroxyl groups excluding tert-OH is 1.